The van der Waals surface area contributed by atoms with Gasteiger partial charge >= 0.3 is 0 Å². The fraction of sp³-hybridized carbons (Fsp3) is 0.167. The van der Waals surface area contributed by atoms with E-state index in [1.54, 1.807) is 0 Å². The molecule has 0 bridgehead atoms. The molecule has 0 saturated heterocycles. The number of hydrogen-bond acceptors (Lipinski definition) is 1. The van der Waals surface area contributed by atoms with Crippen LogP contribution in [-0.2, 0) is 0 Å². The Morgan fingerprint density at radius 3 is 3.07 bits per heavy atom. The van der Waals surface area contributed by atoms with Crippen molar-refractivity contribution in [3.8, 4) is 0 Å². The first-order chi connectivity index (χ1) is 6.88. The molecule has 0 fully saturated rings. The average molecular weight is 295 g/mol. The third-order valence-electron chi connectivity index (χ3n) is 2.85. The van der Waals surface area contributed by atoms with Crippen LogP contribution in [0.3, 0.4) is 0 Å². The lowest BCUT2D eigenvalue weighted by Crippen LogP contribution is -2.21. The average Bonchev–Trinajstić information content (AvgIpc) is 2.55. The summed E-state index contributed by atoms with van der Waals surface area (Å²) in [6.07, 6.45) is 7.78. The van der Waals surface area contributed by atoms with Crippen LogP contribution in [0.25, 0.3) is 5.57 Å². The van der Waals surface area contributed by atoms with Crippen molar-refractivity contribution in [1.82, 2.24) is 0 Å². The van der Waals surface area contributed by atoms with E-state index in [0.717, 1.165) is 6.42 Å². The maximum absolute atomic E-state index is 2.42. The molecule has 1 unspecified atom stereocenters. The third kappa shape index (κ3) is 1.06. The van der Waals surface area contributed by atoms with Gasteiger partial charge in [-0.3, -0.25) is 0 Å². The van der Waals surface area contributed by atoms with Crippen molar-refractivity contribution in [2.24, 2.45) is 0 Å². The molecule has 0 saturated carbocycles. The Morgan fingerprint density at radius 2 is 2.14 bits per heavy atom. The van der Waals surface area contributed by atoms with E-state index in [-0.39, 0.29) is 0 Å². The zero-order valence-corrected chi connectivity index (χ0v) is 9.81. The van der Waals surface area contributed by atoms with Crippen LogP contribution in [0.1, 0.15) is 12.0 Å². The zero-order valence-electron chi connectivity index (χ0n) is 7.65. The van der Waals surface area contributed by atoms with Gasteiger partial charge in [0.25, 0.3) is 0 Å². The van der Waals surface area contributed by atoms with E-state index < -0.39 is 0 Å². The maximum atomic E-state index is 2.42. The van der Waals surface area contributed by atoms with Crippen LogP contribution in [0.15, 0.2) is 42.5 Å². The number of benzene rings is 1. The van der Waals surface area contributed by atoms with Crippen LogP contribution in [0, 0.1) is 0 Å². The first-order valence-electron chi connectivity index (χ1n) is 4.79. The molecule has 70 valence electrons. The van der Waals surface area contributed by atoms with Crippen LogP contribution in [0.4, 0.5) is 5.69 Å². The minimum absolute atomic E-state index is 0.554. The van der Waals surface area contributed by atoms with E-state index in [2.05, 4.69) is 68.5 Å². The molecule has 1 atom stereocenters. The molecular weight excluding hydrogens is 285 g/mol. The fourth-order valence-electron chi connectivity index (χ4n) is 2.17. The third-order valence-corrected chi connectivity index (χ3v) is 4.04. The van der Waals surface area contributed by atoms with E-state index in [0.29, 0.717) is 6.04 Å². The molecule has 0 N–H and O–H groups in total. The van der Waals surface area contributed by atoms with Crippen LogP contribution < -0.4 is 3.11 Å². The molecule has 0 amide bonds. The van der Waals surface area contributed by atoms with Crippen LogP contribution >= 0.6 is 22.9 Å². The first-order valence-corrected chi connectivity index (χ1v) is 5.75. The van der Waals surface area contributed by atoms with E-state index in [4.69, 9.17) is 0 Å². The van der Waals surface area contributed by atoms with Crippen molar-refractivity contribution >= 4 is 34.1 Å². The molecule has 0 spiro atoms. The van der Waals surface area contributed by atoms with Crippen molar-refractivity contribution in [3.63, 3.8) is 0 Å². The van der Waals surface area contributed by atoms with Crippen molar-refractivity contribution < 1.29 is 0 Å². The summed E-state index contributed by atoms with van der Waals surface area (Å²) >= 11 is 2.42. The van der Waals surface area contributed by atoms with Gasteiger partial charge < -0.3 is 3.11 Å². The number of fused-ring (bicyclic) bond motifs is 3. The minimum Gasteiger partial charge on any atom is -0.306 e. The molecule has 14 heavy (non-hydrogen) atoms. The summed E-state index contributed by atoms with van der Waals surface area (Å²) in [5, 5.41) is 0. The summed E-state index contributed by atoms with van der Waals surface area (Å²) < 4.78 is 2.35. The molecule has 2 heteroatoms. The van der Waals surface area contributed by atoms with Crippen molar-refractivity contribution in [2.45, 2.75) is 12.5 Å². The molecule has 1 aliphatic heterocycles. The molecule has 1 nitrogen and oxygen atoms in total. The highest BCUT2D eigenvalue weighted by molar-refractivity contribution is 14.1. The smallest absolute Gasteiger partial charge is 0.0683 e. The Labute approximate surface area is 97.6 Å². The lowest BCUT2D eigenvalue weighted by Gasteiger charge is -2.20. The number of rotatable bonds is 0. The number of anilines is 1. The summed E-state index contributed by atoms with van der Waals surface area (Å²) in [7, 11) is 0. The Balaban J connectivity index is 2.22. The Bertz CT molecular complexity index is 434. The number of hydrogen-bond donors (Lipinski definition) is 0. The van der Waals surface area contributed by atoms with Gasteiger partial charge in [-0.2, -0.15) is 0 Å². The molecule has 0 radical (unpaired) electrons. The SMILES string of the molecule is IN1c2ccccc2C2=CC=CCC21. The first kappa shape index (κ1) is 8.53. The van der Waals surface area contributed by atoms with E-state index in [9.17, 15) is 0 Å². The monoisotopic (exact) mass is 295 g/mol. The van der Waals surface area contributed by atoms with Crippen molar-refractivity contribution in [1.29, 1.82) is 0 Å². The van der Waals surface area contributed by atoms with Gasteiger partial charge in [0, 0.05) is 5.56 Å². The minimum atomic E-state index is 0.554. The zero-order chi connectivity index (χ0) is 9.54. The summed E-state index contributed by atoms with van der Waals surface area (Å²) in [6.45, 7) is 0. The molecule has 1 aliphatic carbocycles. The summed E-state index contributed by atoms with van der Waals surface area (Å²) in [6, 6.07) is 9.19. The number of allylic oxidation sites excluding steroid dienone is 2. The highest BCUT2D eigenvalue weighted by atomic mass is 127. The Morgan fingerprint density at radius 1 is 1.29 bits per heavy atom. The van der Waals surface area contributed by atoms with E-state index in [1.165, 1.54) is 16.8 Å². The Hall–Kier alpha value is -0.770. The van der Waals surface area contributed by atoms with Gasteiger partial charge in [-0.25, -0.2) is 0 Å². The normalized spacial score (nSPS) is 23.1. The fourth-order valence-corrected chi connectivity index (χ4v) is 3.12. The predicted molar refractivity (Wildman–Crippen MR) is 68.5 cm³/mol. The Kier molecular flexibility index (Phi) is 1.90. The topological polar surface area (TPSA) is 3.24 Å². The maximum Gasteiger partial charge on any atom is 0.0683 e. The van der Waals surface area contributed by atoms with Crippen LogP contribution in [0.2, 0.25) is 0 Å². The van der Waals surface area contributed by atoms with Gasteiger partial charge in [-0.15, -0.1) is 0 Å². The molecule has 1 heterocycles. The van der Waals surface area contributed by atoms with Gasteiger partial charge in [0.15, 0.2) is 0 Å². The summed E-state index contributed by atoms with van der Waals surface area (Å²) in [5.41, 5.74) is 4.22. The number of nitrogens with zero attached hydrogens (tertiary/aromatic N) is 1. The second-order valence-electron chi connectivity index (χ2n) is 3.63. The highest BCUT2D eigenvalue weighted by Crippen LogP contribution is 2.44. The van der Waals surface area contributed by atoms with E-state index >= 15 is 0 Å². The molecule has 1 aromatic carbocycles. The highest BCUT2D eigenvalue weighted by Gasteiger charge is 2.31. The summed E-state index contributed by atoms with van der Waals surface area (Å²) in [4.78, 5) is 0. The second-order valence-corrected chi connectivity index (χ2v) is 4.67. The van der Waals surface area contributed by atoms with Crippen LogP contribution in [-0.4, -0.2) is 6.04 Å². The molecule has 0 aromatic heterocycles. The van der Waals surface area contributed by atoms with Crippen LogP contribution in [0.5, 0.6) is 0 Å². The summed E-state index contributed by atoms with van der Waals surface area (Å²) in [5.74, 6) is 0. The number of halogens is 1. The molecular formula is C12H10IN. The van der Waals surface area contributed by atoms with Crippen molar-refractivity contribution in [2.75, 3.05) is 3.11 Å². The van der Waals surface area contributed by atoms with Gasteiger partial charge in [0.05, 0.1) is 34.6 Å². The predicted octanol–water partition coefficient (Wildman–Crippen LogP) is 3.57. The quantitative estimate of drug-likeness (QED) is 0.522. The van der Waals surface area contributed by atoms with Gasteiger partial charge in [-0.1, -0.05) is 36.4 Å². The van der Waals surface area contributed by atoms with Crippen molar-refractivity contribution in [3.05, 3.63) is 48.1 Å². The number of para-hydroxylation sites is 1. The van der Waals surface area contributed by atoms with Gasteiger partial charge in [0.1, 0.15) is 0 Å². The van der Waals surface area contributed by atoms with Gasteiger partial charge in [-0.05, 0) is 18.1 Å². The van der Waals surface area contributed by atoms with Gasteiger partial charge in [0.2, 0.25) is 0 Å². The lowest BCUT2D eigenvalue weighted by molar-refractivity contribution is 0.890. The largest absolute Gasteiger partial charge is 0.306 e. The molecule has 1 aromatic rings. The van der Waals surface area contributed by atoms with E-state index in [1.807, 2.05) is 0 Å². The second kappa shape index (κ2) is 3.12. The standard InChI is InChI=1S/C12H10IN/c13-14-11-7-3-1-5-9(11)10-6-2-4-8-12(10)14/h1-7,12H,8H2. The molecule has 2 aliphatic rings. The molecule has 3 rings (SSSR count). The lowest BCUT2D eigenvalue weighted by atomic mass is 9.96.